The molecule has 0 aliphatic carbocycles. The van der Waals surface area contributed by atoms with Gasteiger partial charge in [0.25, 0.3) is 0 Å². The van der Waals surface area contributed by atoms with Crippen LogP contribution < -0.4 is 0 Å². The van der Waals surface area contributed by atoms with Crippen LogP contribution in [0.15, 0.2) is 0 Å². The van der Waals surface area contributed by atoms with Crippen LogP contribution in [0.3, 0.4) is 0 Å². The normalized spacial score (nSPS) is 7.67. The van der Waals surface area contributed by atoms with Crippen LogP contribution in [0.1, 0.15) is 25.7 Å². The summed E-state index contributed by atoms with van der Waals surface area (Å²) in [5, 5.41) is 16.3. The van der Waals surface area contributed by atoms with Crippen molar-refractivity contribution in [2.24, 2.45) is 0 Å². The van der Waals surface area contributed by atoms with Gasteiger partial charge < -0.3 is 10.2 Å². The van der Waals surface area contributed by atoms with E-state index in [1.807, 2.05) is 0 Å². The molecule has 0 aromatic rings. The minimum atomic E-state index is -0.870. The van der Waals surface area contributed by atoms with Gasteiger partial charge in [-0.3, -0.25) is 9.59 Å². The second-order valence-corrected chi connectivity index (χ2v) is 1.99. The molecule has 4 nitrogen and oxygen atoms in total. The fourth-order valence-electron chi connectivity index (χ4n) is 0.552. The molecule has 0 bridgehead atoms. The van der Waals surface area contributed by atoms with Crippen LogP contribution in [0.25, 0.3) is 0 Å². The van der Waals surface area contributed by atoms with Gasteiger partial charge in [0.15, 0.2) is 0 Å². The molecule has 0 saturated heterocycles. The van der Waals surface area contributed by atoms with E-state index >= 15 is 0 Å². The van der Waals surface area contributed by atoms with E-state index in [1.54, 1.807) is 0 Å². The van der Waals surface area contributed by atoms with Crippen molar-refractivity contribution >= 4 is 45.9 Å². The molecule has 0 amide bonds. The summed E-state index contributed by atoms with van der Waals surface area (Å²) in [6.07, 6.45) is 1.02. The molecule has 0 unspecified atom stereocenters. The number of hydrogen-bond donors (Lipinski definition) is 2. The minimum Gasteiger partial charge on any atom is -0.481 e. The van der Waals surface area contributed by atoms with Gasteiger partial charge >= 0.3 is 11.9 Å². The van der Waals surface area contributed by atoms with E-state index in [2.05, 4.69) is 0 Å². The van der Waals surface area contributed by atoms with Gasteiger partial charge in [0.1, 0.15) is 0 Å². The highest BCUT2D eigenvalue weighted by Gasteiger charge is 1.99. The van der Waals surface area contributed by atoms with Crippen LogP contribution in [-0.4, -0.2) is 22.2 Å². The number of carboxylic acids is 2. The monoisotopic (exact) mass is 306 g/mol. The van der Waals surface area contributed by atoms with E-state index in [0.29, 0.717) is 12.8 Å². The lowest BCUT2D eigenvalue weighted by atomic mass is 10.2. The first kappa shape index (κ1) is 17.8. The van der Waals surface area contributed by atoms with Crippen molar-refractivity contribution in [3.63, 3.8) is 0 Å². The third-order valence-corrected chi connectivity index (χ3v) is 1.03. The average molecular weight is 308 g/mol. The summed E-state index contributed by atoms with van der Waals surface area (Å²) in [6.45, 7) is 0. The Morgan fingerprint density at radius 3 is 1.25 bits per heavy atom. The van der Waals surface area contributed by atoms with Crippen LogP contribution in [0.2, 0.25) is 0 Å². The zero-order chi connectivity index (χ0) is 7.98. The average Bonchev–Trinajstić information content (AvgIpc) is 1.79. The molecular weight excluding hydrogens is 296 g/mol. The molecule has 0 atom stereocenters. The standard InChI is InChI=1S/C6H10O4.2BrH/c7-5(8)3-1-2-4-6(9)10;;/h1-4H2,(H,7,8)(H,9,10);2*1H. The van der Waals surface area contributed by atoms with Gasteiger partial charge in [-0.15, -0.1) is 34.0 Å². The lowest BCUT2D eigenvalue weighted by molar-refractivity contribution is -0.139. The Kier molecular flexibility index (Phi) is 16.2. The summed E-state index contributed by atoms with van der Waals surface area (Å²) in [6, 6.07) is 0. The number of halogens is 2. The quantitative estimate of drug-likeness (QED) is 0.760. The highest BCUT2D eigenvalue weighted by molar-refractivity contribution is 8.93. The first-order valence-corrected chi connectivity index (χ1v) is 3.06. The highest BCUT2D eigenvalue weighted by Crippen LogP contribution is 1.98. The fourth-order valence-corrected chi connectivity index (χ4v) is 0.552. The van der Waals surface area contributed by atoms with Crippen molar-refractivity contribution in [2.45, 2.75) is 25.7 Å². The summed E-state index contributed by atoms with van der Waals surface area (Å²) >= 11 is 0. The smallest absolute Gasteiger partial charge is 0.303 e. The molecule has 0 radical (unpaired) electrons. The molecule has 12 heavy (non-hydrogen) atoms. The van der Waals surface area contributed by atoms with E-state index < -0.39 is 11.9 Å². The van der Waals surface area contributed by atoms with Gasteiger partial charge in [-0.1, -0.05) is 0 Å². The predicted molar refractivity (Wildman–Crippen MR) is 54.4 cm³/mol. The summed E-state index contributed by atoms with van der Waals surface area (Å²) in [4.78, 5) is 19.8. The second kappa shape index (κ2) is 10.9. The highest BCUT2D eigenvalue weighted by atomic mass is 79.9. The number of aliphatic carboxylic acids is 2. The summed E-state index contributed by atoms with van der Waals surface area (Å²) in [5.74, 6) is -1.74. The maximum atomic E-state index is 9.90. The van der Waals surface area contributed by atoms with E-state index in [9.17, 15) is 9.59 Å². The number of rotatable bonds is 5. The van der Waals surface area contributed by atoms with Crippen molar-refractivity contribution in [2.75, 3.05) is 0 Å². The van der Waals surface area contributed by atoms with E-state index in [0.717, 1.165) is 0 Å². The molecule has 0 fully saturated rings. The van der Waals surface area contributed by atoms with Gasteiger partial charge in [0, 0.05) is 12.8 Å². The third kappa shape index (κ3) is 16.5. The number of carbonyl (C=O) groups is 2. The summed E-state index contributed by atoms with van der Waals surface area (Å²) in [5.41, 5.74) is 0. The second-order valence-electron chi connectivity index (χ2n) is 1.99. The Labute approximate surface area is 91.5 Å². The Bertz CT molecular complexity index is 122. The number of hydrogen-bond acceptors (Lipinski definition) is 2. The Morgan fingerprint density at radius 1 is 0.833 bits per heavy atom. The first-order valence-electron chi connectivity index (χ1n) is 3.06. The van der Waals surface area contributed by atoms with Crippen molar-refractivity contribution < 1.29 is 19.8 Å². The lowest BCUT2D eigenvalue weighted by Gasteiger charge is -1.92. The predicted octanol–water partition coefficient (Wildman–Crippen LogP) is 1.87. The number of unbranched alkanes of at least 4 members (excludes halogenated alkanes) is 1. The maximum absolute atomic E-state index is 9.90. The molecule has 0 saturated carbocycles. The molecule has 2 N–H and O–H groups in total. The molecule has 0 aliphatic heterocycles. The molecule has 0 aromatic heterocycles. The Hall–Kier alpha value is -0.100. The van der Waals surface area contributed by atoms with Crippen molar-refractivity contribution in [1.29, 1.82) is 0 Å². The topological polar surface area (TPSA) is 74.6 Å². The van der Waals surface area contributed by atoms with Gasteiger partial charge in [-0.05, 0) is 12.8 Å². The van der Waals surface area contributed by atoms with Crippen LogP contribution in [0, 0.1) is 0 Å². The lowest BCUT2D eigenvalue weighted by Crippen LogP contribution is -1.97. The van der Waals surface area contributed by atoms with Crippen LogP contribution >= 0.6 is 34.0 Å². The van der Waals surface area contributed by atoms with Crippen molar-refractivity contribution in [3.8, 4) is 0 Å². The van der Waals surface area contributed by atoms with Gasteiger partial charge in [0.2, 0.25) is 0 Å². The summed E-state index contributed by atoms with van der Waals surface area (Å²) < 4.78 is 0. The van der Waals surface area contributed by atoms with E-state index in [4.69, 9.17) is 10.2 Å². The molecule has 6 heteroatoms. The van der Waals surface area contributed by atoms with E-state index in [1.165, 1.54) is 0 Å². The zero-order valence-corrected chi connectivity index (χ0v) is 9.78. The SMILES string of the molecule is Br.Br.O=C(O)CCCCC(=O)O. The molecule has 0 rings (SSSR count). The largest absolute Gasteiger partial charge is 0.481 e. The van der Waals surface area contributed by atoms with Crippen LogP contribution in [-0.2, 0) is 9.59 Å². The Morgan fingerprint density at radius 2 is 1.08 bits per heavy atom. The zero-order valence-electron chi connectivity index (χ0n) is 6.36. The summed E-state index contributed by atoms with van der Waals surface area (Å²) in [7, 11) is 0. The fraction of sp³-hybridized carbons (Fsp3) is 0.667. The van der Waals surface area contributed by atoms with Gasteiger partial charge in [-0.2, -0.15) is 0 Å². The van der Waals surface area contributed by atoms with Gasteiger partial charge in [0.05, 0.1) is 0 Å². The third-order valence-electron chi connectivity index (χ3n) is 1.03. The number of carboxylic acid groups (broad SMARTS) is 2. The van der Waals surface area contributed by atoms with Crippen LogP contribution in [0.5, 0.6) is 0 Å². The Balaban J connectivity index is -0.000000405. The molecule has 0 spiro atoms. The molecule has 0 aliphatic rings. The molecule has 0 heterocycles. The van der Waals surface area contributed by atoms with E-state index in [-0.39, 0.29) is 46.8 Å². The van der Waals surface area contributed by atoms with Gasteiger partial charge in [-0.25, -0.2) is 0 Å². The molecular formula is C6H12Br2O4. The minimum absolute atomic E-state index is 0. The van der Waals surface area contributed by atoms with Crippen LogP contribution in [0.4, 0.5) is 0 Å². The molecule has 74 valence electrons. The maximum Gasteiger partial charge on any atom is 0.303 e. The molecule has 0 aromatic carbocycles. The van der Waals surface area contributed by atoms with Crippen molar-refractivity contribution in [3.05, 3.63) is 0 Å². The first-order chi connectivity index (χ1) is 4.63. The van der Waals surface area contributed by atoms with Crippen molar-refractivity contribution in [1.82, 2.24) is 0 Å².